The zero-order chi connectivity index (χ0) is 20.0. The fraction of sp³-hybridized carbons (Fsp3) is 0.333. The van der Waals surface area contributed by atoms with Crippen LogP contribution in [-0.2, 0) is 16.1 Å². The molecular formula is C21H25ClN2O3. The molecule has 0 heterocycles. The third kappa shape index (κ3) is 5.73. The highest BCUT2D eigenvalue weighted by atomic mass is 35.5. The van der Waals surface area contributed by atoms with Crippen molar-refractivity contribution in [1.29, 1.82) is 0 Å². The van der Waals surface area contributed by atoms with Gasteiger partial charge in [0.05, 0.1) is 0 Å². The van der Waals surface area contributed by atoms with Gasteiger partial charge in [0.2, 0.25) is 5.91 Å². The van der Waals surface area contributed by atoms with E-state index in [1.54, 1.807) is 20.0 Å². The fourth-order valence-electron chi connectivity index (χ4n) is 2.85. The van der Waals surface area contributed by atoms with Crippen LogP contribution in [0.4, 0.5) is 0 Å². The number of nitrogens with zero attached hydrogens (tertiary/aromatic N) is 1. The molecule has 0 aromatic heterocycles. The van der Waals surface area contributed by atoms with Crippen LogP contribution in [0.5, 0.6) is 5.75 Å². The summed E-state index contributed by atoms with van der Waals surface area (Å²) in [6, 6.07) is 12.4. The predicted molar refractivity (Wildman–Crippen MR) is 107 cm³/mol. The minimum absolute atomic E-state index is 0.158. The first-order valence-electron chi connectivity index (χ1n) is 8.77. The summed E-state index contributed by atoms with van der Waals surface area (Å²) in [6.45, 7) is 5.69. The molecule has 6 heteroatoms. The second kappa shape index (κ2) is 9.42. The quantitative estimate of drug-likeness (QED) is 0.789. The van der Waals surface area contributed by atoms with E-state index >= 15 is 0 Å². The van der Waals surface area contributed by atoms with Crippen molar-refractivity contribution < 1.29 is 14.3 Å². The molecular weight excluding hydrogens is 364 g/mol. The number of benzene rings is 2. The first kappa shape index (κ1) is 20.8. The molecule has 1 atom stereocenters. The molecule has 0 aliphatic heterocycles. The van der Waals surface area contributed by atoms with Crippen LogP contribution < -0.4 is 10.1 Å². The van der Waals surface area contributed by atoms with Crippen LogP contribution in [0.25, 0.3) is 0 Å². The van der Waals surface area contributed by atoms with Crippen molar-refractivity contribution >= 4 is 23.4 Å². The minimum Gasteiger partial charge on any atom is -0.484 e. The van der Waals surface area contributed by atoms with Crippen molar-refractivity contribution in [2.45, 2.75) is 33.4 Å². The van der Waals surface area contributed by atoms with E-state index in [4.69, 9.17) is 16.3 Å². The number of aryl methyl sites for hydroxylation is 2. The molecule has 2 aromatic carbocycles. The molecule has 0 spiro atoms. The van der Waals surface area contributed by atoms with Gasteiger partial charge in [-0.15, -0.1) is 0 Å². The molecule has 1 N–H and O–H groups in total. The van der Waals surface area contributed by atoms with Crippen molar-refractivity contribution in [3.05, 3.63) is 64.2 Å². The summed E-state index contributed by atoms with van der Waals surface area (Å²) in [5.74, 6) is 0.0955. The van der Waals surface area contributed by atoms with E-state index in [-0.39, 0.29) is 25.0 Å². The van der Waals surface area contributed by atoms with E-state index in [0.29, 0.717) is 10.8 Å². The Hall–Kier alpha value is -2.53. The largest absolute Gasteiger partial charge is 0.484 e. The number of rotatable bonds is 7. The van der Waals surface area contributed by atoms with Crippen molar-refractivity contribution in [3.8, 4) is 5.75 Å². The molecule has 27 heavy (non-hydrogen) atoms. The average molecular weight is 389 g/mol. The molecule has 0 saturated carbocycles. The van der Waals surface area contributed by atoms with E-state index < -0.39 is 6.04 Å². The Morgan fingerprint density at radius 1 is 1.15 bits per heavy atom. The van der Waals surface area contributed by atoms with Gasteiger partial charge in [-0.2, -0.15) is 0 Å². The van der Waals surface area contributed by atoms with E-state index in [2.05, 4.69) is 5.32 Å². The summed E-state index contributed by atoms with van der Waals surface area (Å²) in [5, 5.41) is 3.13. The van der Waals surface area contributed by atoms with Crippen molar-refractivity contribution in [1.82, 2.24) is 10.2 Å². The van der Waals surface area contributed by atoms with E-state index in [1.165, 1.54) is 4.90 Å². The number of halogens is 1. The van der Waals surface area contributed by atoms with Gasteiger partial charge in [-0.3, -0.25) is 9.59 Å². The lowest BCUT2D eigenvalue weighted by Crippen LogP contribution is -2.48. The summed E-state index contributed by atoms with van der Waals surface area (Å²) in [6.07, 6.45) is 0. The van der Waals surface area contributed by atoms with Gasteiger partial charge in [0.15, 0.2) is 6.61 Å². The van der Waals surface area contributed by atoms with Crippen LogP contribution in [0.3, 0.4) is 0 Å². The van der Waals surface area contributed by atoms with Crippen LogP contribution in [0, 0.1) is 13.8 Å². The lowest BCUT2D eigenvalue weighted by molar-refractivity contribution is -0.142. The normalized spacial score (nSPS) is 11.6. The Kier molecular flexibility index (Phi) is 7.25. The van der Waals surface area contributed by atoms with Crippen LogP contribution in [0.1, 0.15) is 23.6 Å². The first-order valence-corrected chi connectivity index (χ1v) is 9.15. The van der Waals surface area contributed by atoms with Crippen LogP contribution in [0.15, 0.2) is 42.5 Å². The Balaban J connectivity index is 2.17. The van der Waals surface area contributed by atoms with E-state index in [0.717, 1.165) is 16.7 Å². The number of likely N-dealkylation sites (N-methyl/N-ethyl adjacent to an activating group) is 1. The molecule has 5 nitrogen and oxygen atoms in total. The van der Waals surface area contributed by atoms with Gasteiger partial charge in [0.25, 0.3) is 5.91 Å². The number of nitrogens with one attached hydrogen (secondary N) is 1. The Morgan fingerprint density at radius 3 is 2.37 bits per heavy atom. The van der Waals surface area contributed by atoms with Crippen molar-refractivity contribution in [2.75, 3.05) is 13.7 Å². The fourth-order valence-corrected chi connectivity index (χ4v) is 3.04. The second-order valence-corrected chi connectivity index (χ2v) is 6.92. The van der Waals surface area contributed by atoms with Crippen LogP contribution in [0.2, 0.25) is 5.02 Å². The Bertz CT molecular complexity index is 803. The summed E-state index contributed by atoms with van der Waals surface area (Å²) in [5.41, 5.74) is 2.89. The summed E-state index contributed by atoms with van der Waals surface area (Å²) in [4.78, 5) is 26.4. The van der Waals surface area contributed by atoms with Crippen LogP contribution >= 0.6 is 11.6 Å². The Morgan fingerprint density at radius 2 is 1.78 bits per heavy atom. The summed E-state index contributed by atoms with van der Waals surface area (Å²) >= 11 is 6.23. The number of carbonyl (C=O) groups excluding carboxylic acids is 2. The van der Waals surface area contributed by atoms with Crippen LogP contribution in [-0.4, -0.2) is 36.4 Å². The average Bonchev–Trinajstić information content (AvgIpc) is 2.63. The van der Waals surface area contributed by atoms with Crippen molar-refractivity contribution in [3.63, 3.8) is 0 Å². The van der Waals surface area contributed by atoms with Gasteiger partial charge in [0.1, 0.15) is 11.8 Å². The highest BCUT2D eigenvalue weighted by Gasteiger charge is 2.26. The highest BCUT2D eigenvalue weighted by Crippen LogP contribution is 2.20. The summed E-state index contributed by atoms with van der Waals surface area (Å²) in [7, 11) is 1.54. The maximum absolute atomic E-state index is 12.8. The van der Waals surface area contributed by atoms with Gasteiger partial charge in [-0.25, -0.2) is 0 Å². The third-order valence-corrected chi connectivity index (χ3v) is 4.64. The molecule has 0 aliphatic rings. The molecule has 0 fully saturated rings. The number of ether oxygens (including phenoxy) is 1. The zero-order valence-corrected chi connectivity index (χ0v) is 16.8. The molecule has 0 aliphatic carbocycles. The minimum atomic E-state index is -0.651. The maximum atomic E-state index is 12.8. The van der Waals surface area contributed by atoms with Gasteiger partial charge < -0.3 is 15.0 Å². The zero-order valence-electron chi connectivity index (χ0n) is 16.1. The number of hydrogen-bond acceptors (Lipinski definition) is 3. The maximum Gasteiger partial charge on any atom is 0.261 e. The predicted octanol–water partition coefficient (Wildman–Crippen LogP) is 3.50. The topological polar surface area (TPSA) is 58.6 Å². The number of carbonyl (C=O) groups is 2. The van der Waals surface area contributed by atoms with Gasteiger partial charge in [0, 0.05) is 18.6 Å². The SMILES string of the molecule is CNC(=O)[C@H](C)N(Cc1ccccc1Cl)C(=O)COc1cc(C)cc(C)c1. The van der Waals surface area contributed by atoms with Gasteiger partial charge >= 0.3 is 0 Å². The highest BCUT2D eigenvalue weighted by molar-refractivity contribution is 6.31. The molecule has 0 bridgehead atoms. The van der Waals surface area contributed by atoms with E-state index in [9.17, 15) is 9.59 Å². The lowest BCUT2D eigenvalue weighted by atomic mass is 10.1. The second-order valence-electron chi connectivity index (χ2n) is 6.52. The molecule has 0 saturated heterocycles. The first-order chi connectivity index (χ1) is 12.8. The van der Waals surface area contributed by atoms with Gasteiger partial charge in [-0.1, -0.05) is 35.9 Å². The monoisotopic (exact) mass is 388 g/mol. The lowest BCUT2D eigenvalue weighted by Gasteiger charge is -2.28. The Labute approximate surface area is 165 Å². The summed E-state index contributed by atoms with van der Waals surface area (Å²) < 4.78 is 5.69. The smallest absolute Gasteiger partial charge is 0.261 e. The molecule has 2 amide bonds. The molecule has 0 radical (unpaired) electrons. The van der Waals surface area contributed by atoms with Gasteiger partial charge in [-0.05, 0) is 55.7 Å². The van der Waals surface area contributed by atoms with Crippen molar-refractivity contribution in [2.24, 2.45) is 0 Å². The standard InChI is InChI=1S/C21H25ClN2O3/c1-14-9-15(2)11-18(10-14)27-13-20(25)24(16(3)21(26)23-4)12-17-7-5-6-8-19(17)22/h5-11,16H,12-13H2,1-4H3,(H,23,26)/t16-/m0/s1. The molecule has 0 unspecified atom stereocenters. The third-order valence-electron chi connectivity index (χ3n) is 4.27. The molecule has 2 rings (SSSR count). The van der Waals surface area contributed by atoms with E-state index in [1.807, 2.05) is 50.2 Å². The number of amides is 2. The molecule has 144 valence electrons. The number of hydrogen-bond donors (Lipinski definition) is 1. The molecule has 2 aromatic rings.